The molecule has 4 saturated carbocycles. The van der Waals surface area contributed by atoms with E-state index in [-0.39, 0.29) is 23.0 Å². The van der Waals surface area contributed by atoms with Gasteiger partial charge in [0, 0.05) is 12.3 Å². The standard InChI is InChI=1S/C39H64O13/c1-18-7-12-39(47-17-18)19(2)28-25(52-39)14-24-22-6-5-20-13-21(8-10-37(20,3)23(22)9-11-38(24,28)4)48-36-34(32(45)30(43)27(16-41)50-36)51-35-33(46)31(44)29(42)26(15-40)49-35/h18-36,40-46H,5-17H2,1-4H3/t18-,19-,20+,21-,22+,23-,24-,25-,26+,27+,28-,29+,30-,31-,32-,33+,34?,35-,36+,37-,38-,39+/m0/s1. The third kappa shape index (κ3) is 5.98. The summed E-state index contributed by atoms with van der Waals surface area (Å²) in [5.74, 6) is 3.51. The lowest BCUT2D eigenvalue weighted by molar-refractivity contribution is -0.373. The Hall–Kier alpha value is -0.520. The third-order valence-corrected chi connectivity index (χ3v) is 16.2. The minimum absolute atomic E-state index is 0.168. The second-order valence-electron chi connectivity index (χ2n) is 18.7. The van der Waals surface area contributed by atoms with Crippen molar-refractivity contribution in [2.45, 2.75) is 171 Å². The van der Waals surface area contributed by atoms with Crippen LogP contribution in [0.1, 0.15) is 91.9 Å². The Morgan fingerprint density at radius 2 is 1.37 bits per heavy atom. The van der Waals surface area contributed by atoms with Crippen molar-refractivity contribution in [3.05, 3.63) is 0 Å². The van der Waals surface area contributed by atoms with Crippen molar-refractivity contribution < 1.29 is 64.2 Å². The summed E-state index contributed by atoms with van der Waals surface area (Å²) >= 11 is 0. The molecule has 0 amide bonds. The van der Waals surface area contributed by atoms with Gasteiger partial charge in [0.15, 0.2) is 18.4 Å². The maximum Gasteiger partial charge on any atom is 0.187 e. The molecule has 8 fully saturated rings. The van der Waals surface area contributed by atoms with Crippen LogP contribution in [0.5, 0.6) is 0 Å². The van der Waals surface area contributed by atoms with Gasteiger partial charge < -0.3 is 64.2 Å². The van der Waals surface area contributed by atoms with Crippen LogP contribution in [-0.2, 0) is 28.4 Å². The van der Waals surface area contributed by atoms with Crippen LogP contribution < -0.4 is 0 Å². The lowest BCUT2D eigenvalue weighted by atomic mass is 9.44. The smallest absolute Gasteiger partial charge is 0.187 e. The molecule has 0 radical (unpaired) electrons. The van der Waals surface area contributed by atoms with Crippen molar-refractivity contribution in [2.24, 2.45) is 52.3 Å². The zero-order chi connectivity index (χ0) is 36.9. The molecule has 0 aromatic rings. The van der Waals surface area contributed by atoms with Crippen molar-refractivity contribution in [3.63, 3.8) is 0 Å². The summed E-state index contributed by atoms with van der Waals surface area (Å²) in [6.07, 6.45) is -3.88. The first-order valence-corrected chi connectivity index (χ1v) is 20.3. The Labute approximate surface area is 307 Å². The first kappa shape index (κ1) is 38.4. The molecule has 8 aliphatic rings. The fourth-order valence-electron chi connectivity index (χ4n) is 13.2. The van der Waals surface area contributed by atoms with Gasteiger partial charge in [-0.25, -0.2) is 0 Å². The predicted octanol–water partition coefficient (Wildman–Crippen LogP) is 1.44. The van der Waals surface area contributed by atoms with E-state index in [1.807, 2.05) is 0 Å². The molecule has 4 saturated heterocycles. The Balaban J connectivity index is 0.942. The second-order valence-corrected chi connectivity index (χ2v) is 18.7. The lowest BCUT2D eigenvalue weighted by Gasteiger charge is -2.61. The highest BCUT2D eigenvalue weighted by Gasteiger charge is 2.69. The minimum atomic E-state index is -1.71. The van der Waals surface area contributed by atoms with E-state index in [0.29, 0.717) is 41.4 Å². The fourth-order valence-corrected chi connectivity index (χ4v) is 13.2. The summed E-state index contributed by atoms with van der Waals surface area (Å²) < 4.78 is 37.5. The monoisotopic (exact) mass is 740 g/mol. The van der Waals surface area contributed by atoms with E-state index in [0.717, 1.165) is 45.1 Å². The van der Waals surface area contributed by atoms with Gasteiger partial charge in [0.2, 0.25) is 0 Å². The maximum atomic E-state index is 11.1. The predicted molar refractivity (Wildman–Crippen MR) is 183 cm³/mol. The summed E-state index contributed by atoms with van der Waals surface area (Å²) in [6, 6.07) is 0. The van der Waals surface area contributed by atoms with Crippen molar-refractivity contribution in [1.82, 2.24) is 0 Å². The average Bonchev–Trinajstić information content (AvgIpc) is 3.58. The number of ether oxygens (including phenoxy) is 6. The molecule has 1 unspecified atom stereocenters. The third-order valence-electron chi connectivity index (χ3n) is 16.2. The zero-order valence-corrected chi connectivity index (χ0v) is 31.2. The number of aliphatic hydroxyl groups is 7. The van der Waals surface area contributed by atoms with Gasteiger partial charge in [0.1, 0.15) is 48.8 Å². The fraction of sp³-hybridized carbons (Fsp3) is 1.00. The van der Waals surface area contributed by atoms with Crippen LogP contribution in [0.2, 0.25) is 0 Å². The van der Waals surface area contributed by atoms with E-state index in [1.165, 1.54) is 25.7 Å². The van der Waals surface area contributed by atoms with E-state index in [9.17, 15) is 35.7 Å². The molecule has 52 heavy (non-hydrogen) atoms. The summed E-state index contributed by atoms with van der Waals surface area (Å²) in [5.41, 5.74) is 0.425. The molecule has 13 heteroatoms. The molecule has 0 aromatic heterocycles. The van der Waals surface area contributed by atoms with Gasteiger partial charge in [0.05, 0.1) is 32.0 Å². The van der Waals surface area contributed by atoms with Gasteiger partial charge >= 0.3 is 0 Å². The van der Waals surface area contributed by atoms with Crippen LogP contribution in [0.3, 0.4) is 0 Å². The van der Waals surface area contributed by atoms with Crippen LogP contribution >= 0.6 is 0 Å². The van der Waals surface area contributed by atoms with E-state index in [4.69, 9.17) is 28.4 Å². The average molecular weight is 741 g/mol. The van der Waals surface area contributed by atoms with Gasteiger partial charge in [-0.2, -0.15) is 0 Å². The molecule has 22 atom stereocenters. The molecular formula is C39H64O13. The van der Waals surface area contributed by atoms with E-state index < -0.39 is 80.4 Å². The summed E-state index contributed by atoms with van der Waals surface area (Å²) in [4.78, 5) is 0. The van der Waals surface area contributed by atoms with Gasteiger partial charge in [-0.3, -0.25) is 0 Å². The number of hydrogen-bond acceptors (Lipinski definition) is 13. The van der Waals surface area contributed by atoms with E-state index in [2.05, 4.69) is 27.7 Å². The largest absolute Gasteiger partial charge is 0.394 e. The van der Waals surface area contributed by atoms with Crippen molar-refractivity contribution >= 4 is 0 Å². The Kier molecular flexibility index (Phi) is 10.4. The molecule has 7 N–H and O–H groups in total. The van der Waals surface area contributed by atoms with Crippen LogP contribution in [0.4, 0.5) is 0 Å². The van der Waals surface area contributed by atoms with Gasteiger partial charge in [0.25, 0.3) is 0 Å². The Bertz CT molecular complexity index is 1260. The molecule has 4 aliphatic heterocycles. The van der Waals surface area contributed by atoms with Gasteiger partial charge in [-0.15, -0.1) is 0 Å². The molecule has 13 nitrogen and oxygen atoms in total. The number of hydrogen-bond donors (Lipinski definition) is 7. The number of rotatable bonds is 6. The van der Waals surface area contributed by atoms with Crippen molar-refractivity contribution in [3.8, 4) is 0 Å². The molecular weight excluding hydrogens is 676 g/mol. The topological polar surface area (TPSA) is 197 Å². The minimum Gasteiger partial charge on any atom is -0.394 e. The normalized spacial score (nSPS) is 59.0. The summed E-state index contributed by atoms with van der Waals surface area (Å²) in [5, 5.41) is 72.7. The molecule has 4 aliphatic carbocycles. The summed E-state index contributed by atoms with van der Waals surface area (Å²) in [6.45, 7) is 9.33. The highest BCUT2D eigenvalue weighted by Crippen LogP contribution is 2.71. The van der Waals surface area contributed by atoms with Crippen LogP contribution in [-0.4, -0.2) is 135 Å². The van der Waals surface area contributed by atoms with Crippen LogP contribution in [0, 0.1) is 52.3 Å². The number of fused-ring (bicyclic) bond motifs is 7. The molecule has 8 rings (SSSR count). The Morgan fingerprint density at radius 1 is 0.673 bits per heavy atom. The van der Waals surface area contributed by atoms with Crippen LogP contribution in [0.25, 0.3) is 0 Å². The molecule has 0 bridgehead atoms. The first-order valence-electron chi connectivity index (χ1n) is 20.3. The summed E-state index contributed by atoms with van der Waals surface area (Å²) in [7, 11) is 0. The molecule has 1 spiro atoms. The highest BCUT2D eigenvalue weighted by atomic mass is 16.8. The second kappa shape index (κ2) is 14.1. The van der Waals surface area contributed by atoms with Crippen molar-refractivity contribution in [2.75, 3.05) is 19.8 Å². The molecule has 4 heterocycles. The maximum absolute atomic E-state index is 11.1. The SMILES string of the molecule is C[C@H]1CC[C@@]2(OC1)O[C@H]1C[C@H]3[C@@H]4CC[C@@H]5C[C@@H](O[C@@H]6O[C@H](CO)[C@H](O)[C@H](O)C6O[C@@H]6O[C@H](CO)[C@@H](O)[C@H](O)[C@H]6O)CC[C@]5(C)[C@H]4CC[C@]3(C)[C@H]1[C@@H]2C. The quantitative estimate of drug-likeness (QED) is 0.194. The first-order chi connectivity index (χ1) is 24.7. The Morgan fingerprint density at radius 3 is 2.06 bits per heavy atom. The van der Waals surface area contributed by atoms with Crippen LogP contribution in [0.15, 0.2) is 0 Å². The lowest BCUT2D eigenvalue weighted by Crippen LogP contribution is -2.65. The molecule has 298 valence electrons. The highest BCUT2D eigenvalue weighted by molar-refractivity contribution is 5.15. The van der Waals surface area contributed by atoms with Crippen molar-refractivity contribution in [1.29, 1.82) is 0 Å². The van der Waals surface area contributed by atoms with E-state index >= 15 is 0 Å². The van der Waals surface area contributed by atoms with E-state index in [1.54, 1.807) is 0 Å². The number of aliphatic hydroxyl groups excluding tert-OH is 7. The zero-order valence-electron chi connectivity index (χ0n) is 31.2. The van der Waals surface area contributed by atoms with Gasteiger partial charge in [-0.1, -0.05) is 27.7 Å². The molecule has 0 aromatic carbocycles. The van der Waals surface area contributed by atoms with Gasteiger partial charge in [-0.05, 0) is 104 Å².